The van der Waals surface area contributed by atoms with Crippen LogP contribution in [0.2, 0.25) is 5.02 Å². The number of fused-ring (bicyclic) bond motifs is 2. The highest BCUT2D eigenvalue weighted by atomic mass is 35.5. The molecule has 7 nitrogen and oxygen atoms in total. The maximum Gasteiger partial charge on any atom is 0.211 e. The van der Waals surface area contributed by atoms with E-state index in [2.05, 4.69) is 16.5 Å². The van der Waals surface area contributed by atoms with E-state index in [1.54, 1.807) is 0 Å². The molecule has 1 aliphatic heterocycles. The second-order valence-electron chi connectivity index (χ2n) is 8.47. The first-order valence-electron chi connectivity index (χ1n) is 11.4. The minimum absolute atomic E-state index is 0.0489. The van der Waals surface area contributed by atoms with Crippen molar-refractivity contribution in [1.29, 1.82) is 0 Å². The van der Waals surface area contributed by atoms with Crippen LogP contribution in [0.15, 0.2) is 24.5 Å². The monoisotopic (exact) mass is 488 g/mol. The number of ether oxygens (including phenoxy) is 2. The molecular formula is C24H26Cl2N4O3. The molecule has 2 atom stereocenters. The van der Waals surface area contributed by atoms with Crippen molar-refractivity contribution in [2.24, 2.45) is 0 Å². The van der Waals surface area contributed by atoms with E-state index in [1.807, 2.05) is 23.1 Å². The molecule has 3 heterocycles. The van der Waals surface area contributed by atoms with Gasteiger partial charge in [-0.2, -0.15) is 5.10 Å². The Morgan fingerprint density at radius 2 is 2.15 bits per heavy atom. The first-order valence-corrected chi connectivity index (χ1v) is 12.3. The molecule has 2 aromatic heterocycles. The fourth-order valence-electron chi connectivity index (χ4n) is 4.97. The number of rotatable bonds is 7. The second-order valence-corrected chi connectivity index (χ2v) is 9.23. The third-order valence-corrected chi connectivity index (χ3v) is 7.03. The molecule has 1 fully saturated rings. The Morgan fingerprint density at radius 1 is 1.24 bits per heavy atom. The van der Waals surface area contributed by atoms with Crippen LogP contribution in [0, 0.1) is 0 Å². The van der Waals surface area contributed by atoms with Gasteiger partial charge in [-0.25, -0.2) is 9.67 Å². The summed E-state index contributed by atoms with van der Waals surface area (Å²) < 4.78 is 13.6. The number of carbonyl (C=O) groups excluding carboxylic acids is 1. The van der Waals surface area contributed by atoms with Gasteiger partial charge in [0.25, 0.3) is 0 Å². The van der Waals surface area contributed by atoms with Gasteiger partial charge < -0.3 is 14.8 Å². The zero-order valence-electron chi connectivity index (χ0n) is 18.2. The lowest BCUT2D eigenvalue weighted by molar-refractivity contribution is -0.105. The Bertz CT molecular complexity index is 1160. The summed E-state index contributed by atoms with van der Waals surface area (Å²) in [5, 5.41) is 8.85. The van der Waals surface area contributed by atoms with Crippen LogP contribution in [0.25, 0.3) is 11.0 Å². The van der Waals surface area contributed by atoms with Gasteiger partial charge in [0, 0.05) is 24.1 Å². The van der Waals surface area contributed by atoms with E-state index in [4.69, 9.17) is 37.7 Å². The number of anilines is 1. The predicted octanol–water partition coefficient (Wildman–Crippen LogP) is 5.44. The largest absolute Gasteiger partial charge is 0.489 e. The highest BCUT2D eigenvalue weighted by Gasteiger charge is 2.28. The number of hydrogen-bond donors (Lipinski definition) is 1. The normalized spacial score (nSPS) is 20.4. The number of benzene rings is 1. The van der Waals surface area contributed by atoms with Crippen LogP contribution >= 0.6 is 23.2 Å². The van der Waals surface area contributed by atoms with Gasteiger partial charge in [0.05, 0.1) is 22.8 Å². The van der Waals surface area contributed by atoms with Crippen molar-refractivity contribution in [1.82, 2.24) is 14.8 Å². The van der Waals surface area contributed by atoms with E-state index in [-0.39, 0.29) is 12.1 Å². The SMILES string of the molecule is O=CNc1cc2c(c(Cl)c1OCCCl)CCCC2c1cnc2c(cnn2C2CCCCO2)c1. The quantitative estimate of drug-likeness (QED) is 0.353. The summed E-state index contributed by atoms with van der Waals surface area (Å²) in [6.45, 7) is 1.07. The second kappa shape index (κ2) is 9.87. The lowest BCUT2D eigenvalue weighted by Crippen LogP contribution is -2.19. The molecule has 0 radical (unpaired) electrons. The highest BCUT2D eigenvalue weighted by Crippen LogP contribution is 2.46. The number of pyridine rings is 1. The molecule has 1 aliphatic carbocycles. The van der Waals surface area contributed by atoms with Crippen LogP contribution in [0.5, 0.6) is 5.75 Å². The standard InChI is InChI=1S/C24H26Cl2N4O3/c25-7-9-33-23-20(28-14-31)11-19-17(4-3-5-18(19)22(23)26)15-10-16-13-29-30(24(16)27-12-15)21-6-1-2-8-32-21/h10-14,17,21H,1-9H2,(H,28,31). The summed E-state index contributed by atoms with van der Waals surface area (Å²) in [4.78, 5) is 16.0. The van der Waals surface area contributed by atoms with Crippen LogP contribution in [0.1, 0.15) is 60.9 Å². The molecule has 3 aromatic rings. The summed E-state index contributed by atoms with van der Waals surface area (Å²) >= 11 is 12.6. The van der Waals surface area contributed by atoms with Crippen LogP contribution in [-0.2, 0) is 16.0 Å². The summed E-state index contributed by atoms with van der Waals surface area (Å²) in [6.07, 6.45) is 10.4. The number of amides is 1. The third-order valence-electron chi connectivity index (χ3n) is 6.48. The van der Waals surface area contributed by atoms with Gasteiger partial charge in [0.1, 0.15) is 6.61 Å². The van der Waals surface area contributed by atoms with E-state index in [0.29, 0.717) is 35.4 Å². The number of halogens is 2. The van der Waals surface area contributed by atoms with Crippen molar-refractivity contribution >= 4 is 46.3 Å². The maximum atomic E-state index is 11.2. The topological polar surface area (TPSA) is 78.3 Å². The van der Waals surface area contributed by atoms with Gasteiger partial charge in [-0.3, -0.25) is 4.79 Å². The summed E-state index contributed by atoms with van der Waals surface area (Å²) in [5.41, 5.74) is 4.66. The van der Waals surface area contributed by atoms with E-state index < -0.39 is 0 Å². The van der Waals surface area contributed by atoms with Gasteiger partial charge in [-0.1, -0.05) is 11.6 Å². The van der Waals surface area contributed by atoms with Crippen molar-refractivity contribution < 1.29 is 14.3 Å². The fourth-order valence-corrected chi connectivity index (χ4v) is 5.40. The van der Waals surface area contributed by atoms with E-state index in [9.17, 15) is 4.79 Å². The summed E-state index contributed by atoms with van der Waals surface area (Å²) in [6, 6.07) is 4.14. The zero-order valence-corrected chi connectivity index (χ0v) is 19.7. The van der Waals surface area contributed by atoms with E-state index in [0.717, 1.165) is 72.9 Å². The van der Waals surface area contributed by atoms with Gasteiger partial charge >= 0.3 is 0 Å². The molecule has 0 bridgehead atoms. The summed E-state index contributed by atoms with van der Waals surface area (Å²) in [5.74, 6) is 0.930. The molecule has 5 rings (SSSR count). The molecular weight excluding hydrogens is 463 g/mol. The lowest BCUT2D eigenvalue weighted by atomic mass is 9.79. The molecule has 1 aromatic carbocycles. The Morgan fingerprint density at radius 3 is 2.94 bits per heavy atom. The van der Waals surface area contributed by atoms with Crippen LogP contribution in [-0.4, -0.2) is 40.3 Å². The fraction of sp³-hybridized carbons (Fsp3) is 0.458. The average molecular weight is 489 g/mol. The molecule has 1 saturated heterocycles. The molecule has 2 unspecified atom stereocenters. The molecule has 1 N–H and O–H groups in total. The minimum Gasteiger partial charge on any atom is -0.489 e. The third kappa shape index (κ3) is 4.29. The number of hydrogen-bond acceptors (Lipinski definition) is 5. The molecule has 1 amide bonds. The number of carbonyl (C=O) groups is 1. The van der Waals surface area contributed by atoms with Crippen molar-refractivity contribution in [2.45, 2.75) is 50.7 Å². The van der Waals surface area contributed by atoms with Crippen LogP contribution in [0.3, 0.4) is 0 Å². The summed E-state index contributed by atoms with van der Waals surface area (Å²) in [7, 11) is 0. The van der Waals surface area contributed by atoms with Crippen molar-refractivity contribution in [2.75, 3.05) is 24.4 Å². The Balaban J connectivity index is 1.52. The minimum atomic E-state index is -0.0489. The van der Waals surface area contributed by atoms with Gasteiger partial charge in [0.15, 0.2) is 17.6 Å². The number of nitrogens with zero attached hydrogens (tertiary/aromatic N) is 3. The average Bonchev–Trinajstić information content (AvgIpc) is 3.28. The Kier molecular flexibility index (Phi) is 6.71. The van der Waals surface area contributed by atoms with Crippen LogP contribution < -0.4 is 10.1 Å². The molecule has 9 heteroatoms. The maximum absolute atomic E-state index is 11.2. The molecule has 0 spiro atoms. The Hall–Kier alpha value is -2.35. The molecule has 0 saturated carbocycles. The van der Waals surface area contributed by atoms with Gasteiger partial charge in [-0.05, 0) is 67.3 Å². The molecule has 2 aliphatic rings. The predicted molar refractivity (Wildman–Crippen MR) is 129 cm³/mol. The molecule has 33 heavy (non-hydrogen) atoms. The van der Waals surface area contributed by atoms with Gasteiger partial charge in [0.2, 0.25) is 6.41 Å². The van der Waals surface area contributed by atoms with E-state index in [1.165, 1.54) is 0 Å². The van der Waals surface area contributed by atoms with Crippen LogP contribution in [0.4, 0.5) is 5.69 Å². The Labute approximate surface area is 202 Å². The lowest BCUT2D eigenvalue weighted by Gasteiger charge is -2.29. The first-order chi connectivity index (χ1) is 16.2. The van der Waals surface area contributed by atoms with Crippen molar-refractivity contribution in [3.8, 4) is 5.75 Å². The number of aromatic nitrogens is 3. The van der Waals surface area contributed by atoms with Crippen molar-refractivity contribution in [3.05, 3.63) is 46.2 Å². The van der Waals surface area contributed by atoms with Gasteiger partial charge in [-0.15, -0.1) is 11.6 Å². The number of alkyl halides is 1. The first kappa shape index (κ1) is 22.4. The zero-order chi connectivity index (χ0) is 22.8. The molecule has 174 valence electrons. The van der Waals surface area contributed by atoms with E-state index >= 15 is 0 Å². The number of nitrogens with one attached hydrogen (secondary N) is 1. The highest BCUT2D eigenvalue weighted by molar-refractivity contribution is 6.33. The smallest absolute Gasteiger partial charge is 0.211 e. The van der Waals surface area contributed by atoms with Crippen molar-refractivity contribution in [3.63, 3.8) is 0 Å².